The SMILES string of the molecule is CC(N)c1ccc(CCc2ccc(C(=N)N)cc2)cc1.Cl.Cl. The lowest BCUT2D eigenvalue weighted by molar-refractivity contribution is 0.816. The van der Waals surface area contributed by atoms with Gasteiger partial charge in [-0.25, -0.2) is 0 Å². The minimum atomic E-state index is 0. The van der Waals surface area contributed by atoms with E-state index < -0.39 is 0 Å². The van der Waals surface area contributed by atoms with Crippen LogP contribution in [0, 0.1) is 5.41 Å². The molecule has 0 amide bonds. The van der Waals surface area contributed by atoms with Gasteiger partial charge in [0.25, 0.3) is 0 Å². The molecule has 0 aliphatic rings. The molecule has 0 aromatic heterocycles. The van der Waals surface area contributed by atoms with E-state index in [1.807, 2.05) is 31.2 Å². The van der Waals surface area contributed by atoms with Gasteiger partial charge in [-0.1, -0.05) is 48.5 Å². The maximum absolute atomic E-state index is 7.36. The first-order valence-corrected chi connectivity index (χ1v) is 6.84. The van der Waals surface area contributed by atoms with E-state index in [9.17, 15) is 0 Å². The van der Waals surface area contributed by atoms with Crippen molar-refractivity contribution in [2.75, 3.05) is 0 Å². The minimum absolute atomic E-state index is 0. The van der Waals surface area contributed by atoms with Crippen LogP contribution in [0.3, 0.4) is 0 Å². The summed E-state index contributed by atoms with van der Waals surface area (Å²) in [5.74, 6) is 0.114. The summed E-state index contributed by atoms with van der Waals surface area (Å²) in [6, 6.07) is 16.4. The lowest BCUT2D eigenvalue weighted by atomic mass is 10.0. The van der Waals surface area contributed by atoms with Gasteiger partial charge < -0.3 is 11.5 Å². The van der Waals surface area contributed by atoms with Crippen LogP contribution in [0.1, 0.15) is 35.2 Å². The van der Waals surface area contributed by atoms with Gasteiger partial charge in [0, 0.05) is 11.6 Å². The summed E-state index contributed by atoms with van der Waals surface area (Å²) >= 11 is 0. The normalized spacial score (nSPS) is 11.0. The van der Waals surface area contributed by atoms with Crippen molar-refractivity contribution in [3.05, 3.63) is 70.8 Å². The van der Waals surface area contributed by atoms with Crippen molar-refractivity contribution in [1.82, 2.24) is 0 Å². The molecule has 0 aliphatic heterocycles. The molecular weight excluding hydrogens is 317 g/mol. The van der Waals surface area contributed by atoms with Gasteiger partial charge in [0.2, 0.25) is 0 Å². The van der Waals surface area contributed by atoms with Crippen molar-refractivity contribution >= 4 is 30.6 Å². The highest BCUT2D eigenvalue weighted by Crippen LogP contribution is 2.13. The summed E-state index contributed by atoms with van der Waals surface area (Å²) in [4.78, 5) is 0. The van der Waals surface area contributed by atoms with E-state index in [-0.39, 0.29) is 36.7 Å². The molecule has 1 atom stereocenters. The summed E-state index contributed by atoms with van der Waals surface area (Å²) in [6.45, 7) is 1.99. The lowest BCUT2D eigenvalue weighted by Gasteiger charge is -2.07. The Morgan fingerprint density at radius 2 is 1.32 bits per heavy atom. The molecule has 5 N–H and O–H groups in total. The van der Waals surface area contributed by atoms with Gasteiger partial charge in [0.15, 0.2) is 0 Å². The second-order valence-electron chi connectivity index (χ2n) is 5.14. The molecular formula is C17H23Cl2N3. The third-order valence-electron chi connectivity index (χ3n) is 3.47. The van der Waals surface area contributed by atoms with Crippen molar-refractivity contribution in [1.29, 1.82) is 5.41 Å². The third-order valence-corrected chi connectivity index (χ3v) is 3.47. The summed E-state index contributed by atoms with van der Waals surface area (Å²) in [5.41, 5.74) is 15.8. The van der Waals surface area contributed by atoms with Crippen molar-refractivity contribution < 1.29 is 0 Å². The first kappa shape index (κ1) is 20.5. The second-order valence-corrected chi connectivity index (χ2v) is 5.14. The van der Waals surface area contributed by atoms with Gasteiger partial charge >= 0.3 is 0 Å². The molecule has 1 unspecified atom stereocenters. The molecule has 0 spiro atoms. The molecule has 0 bridgehead atoms. The Labute approximate surface area is 144 Å². The number of halogens is 2. The second kappa shape index (κ2) is 9.46. The molecule has 3 nitrogen and oxygen atoms in total. The van der Waals surface area contributed by atoms with Crippen molar-refractivity contribution in [2.45, 2.75) is 25.8 Å². The Balaban J connectivity index is 0.00000220. The third kappa shape index (κ3) is 5.68. The largest absolute Gasteiger partial charge is 0.384 e. The average Bonchev–Trinajstić information content (AvgIpc) is 2.46. The molecule has 2 aromatic carbocycles. The van der Waals surface area contributed by atoms with E-state index in [2.05, 4.69) is 24.3 Å². The number of hydrogen-bond acceptors (Lipinski definition) is 2. The Morgan fingerprint density at radius 3 is 1.68 bits per heavy atom. The fourth-order valence-electron chi connectivity index (χ4n) is 2.13. The quantitative estimate of drug-likeness (QED) is 0.574. The van der Waals surface area contributed by atoms with E-state index in [0.29, 0.717) is 0 Å². The predicted molar refractivity (Wildman–Crippen MR) is 98.4 cm³/mol. The van der Waals surface area contributed by atoms with E-state index in [0.717, 1.165) is 18.4 Å². The maximum Gasteiger partial charge on any atom is 0.122 e. The first-order chi connectivity index (χ1) is 9.56. The highest BCUT2D eigenvalue weighted by atomic mass is 35.5. The van der Waals surface area contributed by atoms with Crippen LogP contribution in [0.4, 0.5) is 0 Å². The molecule has 0 aliphatic carbocycles. The fourth-order valence-corrected chi connectivity index (χ4v) is 2.13. The molecule has 0 saturated carbocycles. The lowest BCUT2D eigenvalue weighted by Crippen LogP contribution is -2.10. The number of aryl methyl sites for hydroxylation is 2. The number of nitrogen functional groups attached to an aromatic ring is 1. The number of benzene rings is 2. The molecule has 5 heteroatoms. The van der Waals surface area contributed by atoms with Crippen LogP contribution in [-0.2, 0) is 12.8 Å². The average molecular weight is 340 g/mol. The van der Waals surface area contributed by atoms with Crippen LogP contribution in [-0.4, -0.2) is 5.84 Å². The van der Waals surface area contributed by atoms with Gasteiger partial charge in [0.05, 0.1) is 0 Å². The smallest absolute Gasteiger partial charge is 0.122 e. The van der Waals surface area contributed by atoms with Crippen LogP contribution in [0.5, 0.6) is 0 Å². The standard InChI is InChI=1S/C17H21N3.2ClH/c1-12(18)15-8-4-13(5-9-15)2-3-14-6-10-16(11-7-14)17(19)20;;/h4-12H,2-3,18H2,1H3,(H3,19,20);2*1H. The number of nitrogens with one attached hydrogen (secondary N) is 1. The fraction of sp³-hybridized carbons (Fsp3) is 0.235. The van der Waals surface area contributed by atoms with E-state index in [4.69, 9.17) is 16.9 Å². The molecule has 0 heterocycles. The minimum Gasteiger partial charge on any atom is -0.384 e. The molecule has 22 heavy (non-hydrogen) atoms. The van der Waals surface area contributed by atoms with E-state index in [1.54, 1.807) is 0 Å². The topological polar surface area (TPSA) is 75.9 Å². The molecule has 2 rings (SSSR count). The highest BCUT2D eigenvalue weighted by Gasteiger charge is 2.01. The summed E-state index contributed by atoms with van der Waals surface area (Å²) in [6.07, 6.45) is 1.98. The van der Waals surface area contributed by atoms with Crippen LogP contribution >= 0.6 is 24.8 Å². The van der Waals surface area contributed by atoms with Gasteiger partial charge in [-0.05, 0) is 36.5 Å². The molecule has 0 saturated heterocycles. The number of amidine groups is 1. The van der Waals surface area contributed by atoms with Crippen molar-refractivity contribution in [3.8, 4) is 0 Å². The zero-order valence-corrected chi connectivity index (χ0v) is 14.2. The summed E-state index contributed by atoms with van der Waals surface area (Å²) in [5, 5.41) is 7.36. The van der Waals surface area contributed by atoms with Crippen LogP contribution in [0.15, 0.2) is 48.5 Å². The van der Waals surface area contributed by atoms with Gasteiger partial charge in [-0.3, -0.25) is 5.41 Å². The Kier molecular flexibility index (Phi) is 8.80. The zero-order valence-electron chi connectivity index (χ0n) is 12.6. The zero-order chi connectivity index (χ0) is 14.5. The Morgan fingerprint density at radius 1 is 0.909 bits per heavy atom. The van der Waals surface area contributed by atoms with Gasteiger partial charge in [0.1, 0.15) is 5.84 Å². The number of rotatable bonds is 5. The Hall–Kier alpha value is -1.55. The van der Waals surface area contributed by atoms with Gasteiger partial charge in [-0.2, -0.15) is 0 Å². The molecule has 120 valence electrons. The maximum atomic E-state index is 7.36. The molecule has 0 fully saturated rings. The first-order valence-electron chi connectivity index (χ1n) is 6.84. The number of nitrogens with two attached hydrogens (primary N) is 2. The molecule has 2 aromatic rings. The molecule has 0 radical (unpaired) electrons. The van der Waals surface area contributed by atoms with Crippen LogP contribution < -0.4 is 11.5 Å². The van der Waals surface area contributed by atoms with Crippen molar-refractivity contribution in [3.63, 3.8) is 0 Å². The van der Waals surface area contributed by atoms with Crippen molar-refractivity contribution in [2.24, 2.45) is 11.5 Å². The van der Waals surface area contributed by atoms with Crippen LogP contribution in [0.2, 0.25) is 0 Å². The van der Waals surface area contributed by atoms with E-state index >= 15 is 0 Å². The van der Waals surface area contributed by atoms with Crippen LogP contribution in [0.25, 0.3) is 0 Å². The van der Waals surface area contributed by atoms with Gasteiger partial charge in [-0.15, -0.1) is 24.8 Å². The predicted octanol–water partition coefficient (Wildman–Crippen LogP) is 3.62. The van der Waals surface area contributed by atoms with E-state index in [1.165, 1.54) is 16.7 Å². The summed E-state index contributed by atoms with van der Waals surface area (Å²) in [7, 11) is 0. The monoisotopic (exact) mass is 339 g/mol. The highest BCUT2D eigenvalue weighted by molar-refractivity contribution is 5.94. The number of hydrogen-bond donors (Lipinski definition) is 3. The summed E-state index contributed by atoms with van der Waals surface area (Å²) < 4.78 is 0. The Bertz CT molecular complexity index is 578.